The maximum Gasteiger partial charge on any atom is 0.347 e. The van der Waals surface area contributed by atoms with Crippen LogP contribution in [0.3, 0.4) is 0 Å². The number of hydrogen-bond donors (Lipinski definition) is 0. The molecule has 0 aliphatic carbocycles. The third kappa shape index (κ3) is 4.28. The lowest BCUT2D eigenvalue weighted by Crippen LogP contribution is -2.26. The molecule has 0 fully saturated rings. The van der Waals surface area contributed by atoms with E-state index in [1.54, 1.807) is 32.0 Å². The predicted molar refractivity (Wildman–Crippen MR) is 120 cm³/mol. The second kappa shape index (κ2) is 9.34. The van der Waals surface area contributed by atoms with Crippen molar-refractivity contribution in [2.24, 2.45) is 0 Å². The highest BCUT2D eigenvalue weighted by Gasteiger charge is 2.20. The maximum atomic E-state index is 13.3. The van der Waals surface area contributed by atoms with Gasteiger partial charge < -0.3 is 23.4 Å². The molecular formula is C25H26O7. The molecular weight excluding hydrogens is 412 g/mol. The minimum absolute atomic E-state index is 0.152. The highest BCUT2D eigenvalue weighted by molar-refractivity contribution is 5.84. The molecule has 1 atom stereocenters. The maximum absolute atomic E-state index is 13.3. The van der Waals surface area contributed by atoms with Gasteiger partial charge >= 0.3 is 5.97 Å². The zero-order valence-electron chi connectivity index (χ0n) is 18.4. The Morgan fingerprint density at radius 3 is 2.62 bits per heavy atom. The van der Waals surface area contributed by atoms with E-state index in [2.05, 4.69) is 0 Å². The molecule has 0 saturated heterocycles. The summed E-state index contributed by atoms with van der Waals surface area (Å²) in [6, 6.07) is 8.86. The van der Waals surface area contributed by atoms with Gasteiger partial charge in [0.2, 0.25) is 5.43 Å². The number of ether oxygens (including phenoxy) is 4. The van der Waals surface area contributed by atoms with Gasteiger partial charge in [0.15, 0.2) is 17.6 Å². The Morgan fingerprint density at radius 2 is 1.88 bits per heavy atom. The monoisotopic (exact) mass is 438 g/mol. The lowest BCUT2D eigenvalue weighted by Gasteiger charge is -2.16. The molecule has 0 spiro atoms. The average Bonchev–Trinajstić information content (AvgIpc) is 3.04. The van der Waals surface area contributed by atoms with Crippen LogP contribution in [0.1, 0.15) is 32.8 Å². The summed E-state index contributed by atoms with van der Waals surface area (Å²) in [6.07, 6.45) is 2.09. The number of fused-ring (bicyclic) bond motifs is 2. The number of benzene rings is 2. The number of carbonyl (C=O) groups is 1. The lowest BCUT2D eigenvalue weighted by molar-refractivity contribution is -0.150. The third-order valence-corrected chi connectivity index (χ3v) is 5.32. The molecule has 0 saturated carbocycles. The van der Waals surface area contributed by atoms with E-state index in [9.17, 15) is 9.59 Å². The Hall–Kier alpha value is -3.48. The van der Waals surface area contributed by atoms with Crippen molar-refractivity contribution >= 4 is 16.9 Å². The summed E-state index contributed by atoms with van der Waals surface area (Å²) in [4.78, 5) is 25.3. The first-order valence-corrected chi connectivity index (χ1v) is 10.8. The first-order valence-electron chi connectivity index (χ1n) is 10.8. The number of rotatable bonds is 6. The van der Waals surface area contributed by atoms with Gasteiger partial charge in [0.25, 0.3) is 0 Å². The normalized spacial score (nSPS) is 14.0. The molecule has 0 N–H and O–H groups in total. The SMILES string of the molecule is CCOC(=O)C(C)Oc1cc2occ(-c3ccc4c(c3)OCCCO4)c(=O)c2cc1CC. The quantitative estimate of drug-likeness (QED) is 0.524. The average molecular weight is 438 g/mol. The zero-order valence-corrected chi connectivity index (χ0v) is 18.4. The van der Waals surface area contributed by atoms with Crippen molar-refractivity contribution in [1.29, 1.82) is 0 Å². The van der Waals surface area contributed by atoms with Crippen LogP contribution in [-0.2, 0) is 16.0 Å². The van der Waals surface area contributed by atoms with Gasteiger partial charge in [0, 0.05) is 12.5 Å². The molecule has 2 heterocycles. The van der Waals surface area contributed by atoms with Gasteiger partial charge in [-0.3, -0.25) is 4.79 Å². The summed E-state index contributed by atoms with van der Waals surface area (Å²) < 4.78 is 28.1. The van der Waals surface area contributed by atoms with Crippen LogP contribution in [0.4, 0.5) is 0 Å². The number of hydrogen-bond acceptors (Lipinski definition) is 7. The molecule has 0 amide bonds. The molecule has 32 heavy (non-hydrogen) atoms. The molecule has 4 rings (SSSR count). The highest BCUT2D eigenvalue weighted by atomic mass is 16.6. The van der Waals surface area contributed by atoms with E-state index in [1.165, 1.54) is 6.26 Å². The van der Waals surface area contributed by atoms with Gasteiger partial charge in [-0.25, -0.2) is 4.79 Å². The van der Waals surface area contributed by atoms with Crippen molar-refractivity contribution in [2.45, 2.75) is 39.7 Å². The van der Waals surface area contributed by atoms with Crippen LogP contribution in [0, 0.1) is 0 Å². The summed E-state index contributed by atoms with van der Waals surface area (Å²) in [6.45, 7) is 6.78. The molecule has 7 heteroatoms. The first kappa shape index (κ1) is 21.7. The minimum Gasteiger partial charge on any atom is -0.490 e. The molecule has 3 aromatic rings. The van der Waals surface area contributed by atoms with Gasteiger partial charge in [-0.15, -0.1) is 0 Å². The van der Waals surface area contributed by atoms with E-state index in [0.29, 0.717) is 59.0 Å². The van der Waals surface area contributed by atoms with Gasteiger partial charge in [0.05, 0.1) is 30.8 Å². The van der Waals surface area contributed by atoms with Crippen molar-refractivity contribution < 1.29 is 28.2 Å². The van der Waals surface area contributed by atoms with Crippen LogP contribution < -0.4 is 19.6 Å². The predicted octanol–water partition coefficient (Wildman–Crippen LogP) is 4.51. The van der Waals surface area contributed by atoms with E-state index in [-0.39, 0.29) is 12.0 Å². The fourth-order valence-electron chi connectivity index (χ4n) is 3.62. The Kier molecular flexibility index (Phi) is 6.35. The Morgan fingerprint density at radius 1 is 1.09 bits per heavy atom. The fourth-order valence-corrected chi connectivity index (χ4v) is 3.62. The molecule has 7 nitrogen and oxygen atoms in total. The van der Waals surface area contributed by atoms with E-state index < -0.39 is 12.1 Å². The first-order chi connectivity index (χ1) is 15.5. The van der Waals surface area contributed by atoms with Gasteiger partial charge in [0.1, 0.15) is 17.6 Å². The zero-order chi connectivity index (χ0) is 22.7. The van der Waals surface area contributed by atoms with Crippen LogP contribution in [0.5, 0.6) is 17.2 Å². The lowest BCUT2D eigenvalue weighted by atomic mass is 10.0. The molecule has 1 unspecified atom stereocenters. The highest BCUT2D eigenvalue weighted by Crippen LogP contribution is 2.34. The van der Waals surface area contributed by atoms with Crippen LogP contribution in [0.15, 0.2) is 45.8 Å². The summed E-state index contributed by atoms with van der Waals surface area (Å²) in [5.41, 5.74) is 2.16. The van der Waals surface area contributed by atoms with Crippen LogP contribution in [0.2, 0.25) is 0 Å². The van der Waals surface area contributed by atoms with E-state index in [1.807, 2.05) is 19.1 Å². The molecule has 1 aliphatic rings. The summed E-state index contributed by atoms with van der Waals surface area (Å²) >= 11 is 0. The molecule has 0 bridgehead atoms. The Bertz CT molecular complexity index is 1190. The second-order valence-corrected chi connectivity index (χ2v) is 7.51. The molecule has 2 aromatic carbocycles. The van der Waals surface area contributed by atoms with Crippen molar-refractivity contribution in [2.75, 3.05) is 19.8 Å². The van der Waals surface area contributed by atoms with Crippen molar-refractivity contribution in [3.05, 3.63) is 52.4 Å². The molecule has 1 aliphatic heterocycles. The van der Waals surface area contributed by atoms with Gasteiger partial charge in [-0.2, -0.15) is 0 Å². The fraction of sp³-hybridized carbons (Fsp3) is 0.360. The van der Waals surface area contributed by atoms with E-state index in [4.69, 9.17) is 23.4 Å². The summed E-state index contributed by atoms with van der Waals surface area (Å²) in [5, 5.41) is 0.447. The largest absolute Gasteiger partial charge is 0.490 e. The van der Waals surface area contributed by atoms with Gasteiger partial charge in [-0.05, 0) is 49.6 Å². The second-order valence-electron chi connectivity index (χ2n) is 7.51. The van der Waals surface area contributed by atoms with Crippen molar-refractivity contribution in [3.63, 3.8) is 0 Å². The van der Waals surface area contributed by atoms with E-state index >= 15 is 0 Å². The topological polar surface area (TPSA) is 84.2 Å². The summed E-state index contributed by atoms with van der Waals surface area (Å²) in [7, 11) is 0. The smallest absolute Gasteiger partial charge is 0.347 e. The number of carbonyl (C=O) groups excluding carboxylic acids is 1. The molecule has 168 valence electrons. The minimum atomic E-state index is -0.773. The van der Waals surface area contributed by atoms with Crippen LogP contribution in [0.25, 0.3) is 22.1 Å². The van der Waals surface area contributed by atoms with Crippen LogP contribution in [-0.4, -0.2) is 31.9 Å². The van der Waals surface area contributed by atoms with Crippen LogP contribution >= 0.6 is 0 Å². The molecule has 0 radical (unpaired) electrons. The van der Waals surface area contributed by atoms with Crippen molar-refractivity contribution in [3.8, 4) is 28.4 Å². The van der Waals surface area contributed by atoms with Crippen molar-refractivity contribution in [1.82, 2.24) is 0 Å². The Labute approximate surface area is 185 Å². The standard InChI is InChI=1S/C25H26O7/c1-4-16-11-18-22(13-21(16)32-15(3)25(27)28-5-2)31-14-19(24(18)26)17-7-8-20-23(12-17)30-10-6-9-29-20/h7-8,11-15H,4-6,9-10H2,1-3H3. The number of aryl methyl sites for hydroxylation is 1. The third-order valence-electron chi connectivity index (χ3n) is 5.32. The number of esters is 1. The van der Waals surface area contributed by atoms with Gasteiger partial charge in [-0.1, -0.05) is 13.0 Å². The Balaban J connectivity index is 1.72. The summed E-state index contributed by atoms with van der Waals surface area (Å²) in [5.74, 6) is 1.33. The molecule has 1 aromatic heterocycles. The van der Waals surface area contributed by atoms with E-state index in [0.717, 1.165) is 12.0 Å².